The summed E-state index contributed by atoms with van der Waals surface area (Å²) in [6.45, 7) is -0.514. The van der Waals surface area contributed by atoms with Gasteiger partial charge in [-0.2, -0.15) is 4.31 Å². The smallest absolute Gasteiger partial charge is 0.308 e. The maximum Gasteiger partial charge on any atom is 0.308 e. The van der Waals surface area contributed by atoms with Crippen molar-refractivity contribution in [2.45, 2.75) is 23.8 Å². The fourth-order valence-corrected chi connectivity index (χ4v) is 6.24. The van der Waals surface area contributed by atoms with E-state index in [9.17, 15) is 22.4 Å². The van der Waals surface area contributed by atoms with Gasteiger partial charge in [-0.1, -0.05) is 59.1 Å². The van der Waals surface area contributed by atoms with Crippen LogP contribution < -0.4 is 5.32 Å². The third kappa shape index (κ3) is 6.25. The monoisotopic (exact) mass is 584 g/mol. The van der Waals surface area contributed by atoms with E-state index in [4.69, 9.17) is 39.5 Å². The van der Waals surface area contributed by atoms with Crippen molar-refractivity contribution < 1.29 is 27.1 Å². The molecule has 1 amide bonds. The van der Waals surface area contributed by atoms with Crippen LogP contribution in [0.5, 0.6) is 0 Å². The Bertz CT molecular complexity index is 1450. The van der Waals surface area contributed by atoms with E-state index in [1.54, 1.807) is 12.1 Å². The van der Waals surface area contributed by atoms with Gasteiger partial charge in [-0.05, 0) is 53.9 Å². The Balaban J connectivity index is 1.49. The third-order valence-electron chi connectivity index (χ3n) is 5.79. The van der Waals surface area contributed by atoms with E-state index in [1.165, 1.54) is 28.6 Å². The number of amides is 1. The Morgan fingerprint density at radius 3 is 2.41 bits per heavy atom. The third-order valence-corrected chi connectivity index (χ3v) is 8.75. The molecule has 0 aliphatic carbocycles. The summed E-state index contributed by atoms with van der Waals surface area (Å²) in [6.07, 6.45) is 0.104. The summed E-state index contributed by atoms with van der Waals surface area (Å²) in [5.41, 5.74) is 1.75. The summed E-state index contributed by atoms with van der Waals surface area (Å²) in [7, 11) is -4.06. The van der Waals surface area contributed by atoms with Crippen molar-refractivity contribution in [1.29, 1.82) is 0 Å². The number of nitrogens with zero attached hydrogens (tertiary/aromatic N) is 1. The molecule has 0 spiro atoms. The van der Waals surface area contributed by atoms with E-state index in [2.05, 4.69) is 5.32 Å². The Hall–Kier alpha value is -2.69. The number of rotatable bonds is 7. The molecule has 0 aromatic heterocycles. The molecule has 0 fully saturated rings. The quantitative estimate of drug-likeness (QED) is 0.286. The number of ether oxygens (including phenoxy) is 1. The number of nitrogens with one attached hydrogen (secondary N) is 1. The standard InChI is InChI=1S/C25H20Cl3FN2O5S/c26-19-11-21(28)22(12-20(19)27)30-24(32)14-36-25(33)13-23-18-4-2-1-3-15(18)9-10-31(23)37(34,35)17-7-5-16(29)6-8-17/h1-8,11-12,23H,9-10,13-14H2,(H,30,32). The SMILES string of the molecule is O=C(COC(=O)CC1c2ccccc2CCN1S(=O)(=O)c1ccc(F)cc1)Nc1cc(Cl)c(Cl)cc1Cl. The molecule has 3 aromatic carbocycles. The van der Waals surface area contributed by atoms with Crippen molar-refractivity contribution in [2.75, 3.05) is 18.5 Å². The van der Waals surface area contributed by atoms with Crippen LogP contribution in [0.2, 0.25) is 15.1 Å². The summed E-state index contributed by atoms with van der Waals surface area (Å²) in [5, 5.41) is 3.02. The van der Waals surface area contributed by atoms with Gasteiger partial charge in [-0.3, -0.25) is 9.59 Å². The van der Waals surface area contributed by atoms with E-state index in [1.807, 2.05) is 12.1 Å². The molecular weight excluding hydrogens is 566 g/mol. The first-order chi connectivity index (χ1) is 17.6. The van der Waals surface area contributed by atoms with Gasteiger partial charge in [0, 0.05) is 6.54 Å². The molecule has 1 unspecified atom stereocenters. The maximum absolute atomic E-state index is 13.4. The zero-order valence-corrected chi connectivity index (χ0v) is 22.2. The first kappa shape index (κ1) is 27.3. The summed E-state index contributed by atoms with van der Waals surface area (Å²) < 4.78 is 46.6. The second kappa shape index (κ2) is 11.4. The van der Waals surface area contributed by atoms with Gasteiger partial charge < -0.3 is 10.1 Å². The van der Waals surface area contributed by atoms with Gasteiger partial charge in [0.1, 0.15) is 5.82 Å². The second-order valence-corrected chi connectivity index (χ2v) is 11.3. The molecule has 0 radical (unpaired) electrons. The summed E-state index contributed by atoms with van der Waals surface area (Å²) in [4.78, 5) is 25.0. The predicted molar refractivity (Wildman–Crippen MR) is 139 cm³/mol. The van der Waals surface area contributed by atoms with Crippen LogP contribution in [0.15, 0.2) is 65.6 Å². The number of carbonyl (C=O) groups is 2. The van der Waals surface area contributed by atoms with Crippen LogP contribution in [-0.2, 0) is 30.8 Å². The number of hydrogen-bond acceptors (Lipinski definition) is 5. The number of anilines is 1. The van der Waals surface area contributed by atoms with Gasteiger partial charge >= 0.3 is 5.97 Å². The van der Waals surface area contributed by atoms with Crippen molar-refractivity contribution in [3.63, 3.8) is 0 Å². The van der Waals surface area contributed by atoms with Gasteiger partial charge in [0.25, 0.3) is 5.91 Å². The fraction of sp³-hybridized carbons (Fsp3) is 0.200. The molecule has 1 N–H and O–H groups in total. The van der Waals surface area contributed by atoms with Crippen LogP contribution in [-0.4, -0.2) is 37.8 Å². The van der Waals surface area contributed by atoms with Crippen LogP contribution in [0.25, 0.3) is 0 Å². The molecule has 3 aromatic rings. The molecule has 0 bridgehead atoms. The largest absolute Gasteiger partial charge is 0.456 e. The molecule has 12 heteroatoms. The van der Waals surface area contributed by atoms with Crippen molar-refractivity contribution >= 4 is 62.4 Å². The topological polar surface area (TPSA) is 92.8 Å². The molecule has 0 saturated heterocycles. The highest BCUT2D eigenvalue weighted by Gasteiger charge is 2.38. The highest BCUT2D eigenvalue weighted by molar-refractivity contribution is 7.89. The lowest BCUT2D eigenvalue weighted by Crippen LogP contribution is -2.41. The Morgan fingerprint density at radius 1 is 1.00 bits per heavy atom. The highest BCUT2D eigenvalue weighted by atomic mass is 35.5. The lowest BCUT2D eigenvalue weighted by Gasteiger charge is -2.36. The molecule has 1 aliphatic rings. The Labute approximate surface area is 228 Å². The molecule has 7 nitrogen and oxygen atoms in total. The van der Waals surface area contributed by atoms with Gasteiger partial charge in [0.15, 0.2) is 6.61 Å². The number of benzene rings is 3. The first-order valence-corrected chi connectivity index (χ1v) is 13.6. The van der Waals surface area contributed by atoms with E-state index < -0.39 is 40.4 Å². The Kier molecular flexibility index (Phi) is 8.40. The van der Waals surface area contributed by atoms with Crippen LogP contribution in [0.4, 0.5) is 10.1 Å². The van der Waals surface area contributed by atoms with E-state index in [0.29, 0.717) is 12.0 Å². The lowest BCUT2D eigenvalue weighted by atomic mass is 9.92. The molecule has 194 valence electrons. The van der Waals surface area contributed by atoms with Crippen LogP contribution in [0.3, 0.4) is 0 Å². The molecule has 4 rings (SSSR count). The first-order valence-electron chi connectivity index (χ1n) is 11.0. The number of sulfonamides is 1. The normalized spacial score (nSPS) is 15.6. The molecular formula is C25H20Cl3FN2O5S. The average molecular weight is 586 g/mol. The zero-order valence-electron chi connectivity index (χ0n) is 19.1. The maximum atomic E-state index is 13.4. The molecule has 1 aliphatic heterocycles. The number of hydrogen-bond donors (Lipinski definition) is 1. The van der Waals surface area contributed by atoms with Gasteiger partial charge in [0.2, 0.25) is 10.0 Å². The van der Waals surface area contributed by atoms with Crippen LogP contribution >= 0.6 is 34.8 Å². The van der Waals surface area contributed by atoms with Crippen molar-refractivity contribution in [3.05, 3.63) is 92.7 Å². The minimum Gasteiger partial charge on any atom is -0.456 e. The fourth-order valence-electron chi connectivity index (χ4n) is 4.04. The van der Waals surface area contributed by atoms with Crippen molar-refractivity contribution in [1.82, 2.24) is 4.31 Å². The number of carbonyl (C=O) groups excluding carboxylic acids is 2. The number of halogens is 4. The summed E-state index contributed by atoms with van der Waals surface area (Å²) in [6, 6.07) is 13.5. The van der Waals surface area contributed by atoms with Gasteiger partial charge in [-0.25, -0.2) is 12.8 Å². The van der Waals surface area contributed by atoms with E-state index >= 15 is 0 Å². The minimum atomic E-state index is -4.06. The summed E-state index contributed by atoms with van der Waals surface area (Å²) in [5.74, 6) is -2.02. The summed E-state index contributed by atoms with van der Waals surface area (Å²) >= 11 is 17.9. The van der Waals surface area contributed by atoms with Gasteiger partial charge in [-0.15, -0.1) is 0 Å². The van der Waals surface area contributed by atoms with E-state index in [0.717, 1.165) is 17.7 Å². The Morgan fingerprint density at radius 2 is 1.68 bits per heavy atom. The van der Waals surface area contributed by atoms with Gasteiger partial charge in [0.05, 0.1) is 38.1 Å². The lowest BCUT2D eigenvalue weighted by molar-refractivity contribution is -0.148. The second-order valence-electron chi connectivity index (χ2n) is 8.19. The number of esters is 1. The number of fused-ring (bicyclic) bond motifs is 1. The molecule has 0 saturated carbocycles. The molecule has 1 heterocycles. The van der Waals surface area contributed by atoms with Crippen molar-refractivity contribution in [2.24, 2.45) is 0 Å². The van der Waals surface area contributed by atoms with Crippen molar-refractivity contribution in [3.8, 4) is 0 Å². The molecule has 37 heavy (non-hydrogen) atoms. The van der Waals surface area contributed by atoms with Crippen LogP contribution in [0.1, 0.15) is 23.6 Å². The minimum absolute atomic E-state index is 0.0930. The predicted octanol–water partition coefficient (Wildman–Crippen LogP) is 5.65. The molecule has 1 atom stereocenters. The highest BCUT2D eigenvalue weighted by Crippen LogP contribution is 2.37. The van der Waals surface area contributed by atoms with E-state index in [-0.39, 0.29) is 38.6 Å². The average Bonchev–Trinajstić information content (AvgIpc) is 2.86. The van der Waals surface area contributed by atoms with Crippen LogP contribution in [0, 0.1) is 5.82 Å². The zero-order chi connectivity index (χ0) is 26.7.